The van der Waals surface area contributed by atoms with Crippen LogP contribution in [0, 0.1) is 0 Å². The Morgan fingerprint density at radius 3 is 2.83 bits per heavy atom. The fourth-order valence-electron chi connectivity index (χ4n) is 1.17. The Morgan fingerprint density at radius 2 is 2.33 bits per heavy atom. The fraction of sp³-hybridized carbons (Fsp3) is 0.833. The van der Waals surface area contributed by atoms with Crippen LogP contribution >= 0.6 is 0 Å². The summed E-state index contributed by atoms with van der Waals surface area (Å²) in [6.07, 6.45) is 0. The van der Waals surface area contributed by atoms with E-state index in [2.05, 4.69) is 5.32 Å². The third kappa shape index (κ3) is 2.40. The maximum absolute atomic E-state index is 10.6. The maximum Gasteiger partial charge on any atom is 0.321 e. The first kappa shape index (κ1) is 9.88. The van der Waals surface area contributed by atoms with Crippen LogP contribution in [0.4, 0.5) is 0 Å². The summed E-state index contributed by atoms with van der Waals surface area (Å²) < 4.78 is 10.5. The SMILES string of the molecule is CC1CS(=S=O)CC(C(=O)O)N1. The van der Waals surface area contributed by atoms with Gasteiger partial charge in [-0.05, 0) is 6.92 Å². The van der Waals surface area contributed by atoms with Gasteiger partial charge in [0.05, 0.1) is 0 Å². The minimum absolute atomic E-state index is 0.143. The molecule has 1 aliphatic rings. The molecule has 0 saturated carbocycles. The summed E-state index contributed by atoms with van der Waals surface area (Å²) >= 11 is 0. The minimum atomic E-state index is -0.854. The van der Waals surface area contributed by atoms with Gasteiger partial charge in [-0.3, -0.25) is 4.79 Å². The first-order chi connectivity index (χ1) is 5.63. The topological polar surface area (TPSA) is 66.4 Å². The van der Waals surface area contributed by atoms with E-state index in [1.165, 1.54) is 0 Å². The van der Waals surface area contributed by atoms with Crippen molar-refractivity contribution >= 4 is 25.6 Å². The molecular weight excluding hydrogens is 198 g/mol. The molecule has 12 heavy (non-hydrogen) atoms. The molecule has 0 bridgehead atoms. The van der Waals surface area contributed by atoms with E-state index in [1.807, 2.05) is 6.92 Å². The zero-order valence-corrected chi connectivity index (χ0v) is 8.28. The van der Waals surface area contributed by atoms with E-state index in [4.69, 9.17) is 5.11 Å². The number of hydrogen-bond acceptors (Lipinski definition) is 3. The van der Waals surface area contributed by atoms with Crippen LogP contribution in [0.5, 0.6) is 0 Å². The van der Waals surface area contributed by atoms with Crippen LogP contribution in [0.15, 0.2) is 0 Å². The van der Waals surface area contributed by atoms with Gasteiger partial charge in [0, 0.05) is 17.5 Å². The van der Waals surface area contributed by atoms with Gasteiger partial charge in [-0.25, -0.2) is 4.21 Å². The second-order valence-corrected chi connectivity index (χ2v) is 6.30. The molecule has 0 radical (unpaired) electrons. The zero-order chi connectivity index (χ0) is 9.14. The average molecular weight is 209 g/mol. The third-order valence-electron chi connectivity index (χ3n) is 1.67. The Bertz CT molecular complexity index is 249. The van der Waals surface area contributed by atoms with Gasteiger partial charge in [0.2, 0.25) is 0 Å². The molecule has 1 aliphatic heterocycles. The molecule has 1 saturated heterocycles. The van der Waals surface area contributed by atoms with E-state index in [1.54, 1.807) is 0 Å². The predicted molar refractivity (Wildman–Crippen MR) is 49.3 cm³/mol. The first-order valence-corrected chi connectivity index (χ1v) is 6.42. The largest absolute Gasteiger partial charge is 0.480 e. The van der Waals surface area contributed by atoms with Gasteiger partial charge in [0.25, 0.3) is 0 Å². The summed E-state index contributed by atoms with van der Waals surface area (Å²) in [6, 6.07) is -0.386. The summed E-state index contributed by atoms with van der Waals surface area (Å²) in [5.41, 5.74) is 0. The van der Waals surface area contributed by atoms with Crippen LogP contribution < -0.4 is 5.32 Å². The van der Waals surface area contributed by atoms with Gasteiger partial charge in [0.15, 0.2) is 0 Å². The smallest absolute Gasteiger partial charge is 0.321 e. The van der Waals surface area contributed by atoms with Crippen LogP contribution in [-0.2, 0) is 24.5 Å². The molecule has 1 rings (SSSR count). The molecule has 70 valence electrons. The van der Waals surface area contributed by atoms with Crippen LogP contribution in [0.3, 0.4) is 0 Å². The lowest BCUT2D eigenvalue weighted by molar-refractivity contribution is -0.139. The molecule has 0 aromatic carbocycles. The van der Waals surface area contributed by atoms with E-state index < -0.39 is 12.0 Å². The molecule has 1 heterocycles. The van der Waals surface area contributed by atoms with Crippen LogP contribution in [0.1, 0.15) is 6.92 Å². The Hall–Kier alpha value is -0.200. The van der Waals surface area contributed by atoms with E-state index in [9.17, 15) is 9.00 Å². The van der Waals surface area contributed by atoms with Crippen molar-refractivity contribution in [2.45, 2.75) is 19.0 Å². The van der Waals surface area contributed by atoms with Gasteiger partial charge in [0.1, 0.15) is 16.3 Å². The molecule has 2 N–H and O–H groups in total. The van der Waals surface area contributed by atoms with Crippen molar-refractivity contribution in [1.82, 2.24) is 5.32 Å². The van der Waals surface area contributed by atoms with E-state index in [0.29, 0.717) is 16.0 Å². The van der Waals surface area contributed by atoms with Crippen molar-refractivity contribution in [3.05, 3.63) is 0 Å². The highest BCUT2D eigenvalue weighted by Gasteiger charge is 2.26. The van der Waals surface area contributed by atoms with E-state index in [0.717, 1.165) is 5.75 Å². The Kier molecular flexibility index (Phi) is 3.42. The lowest BCUT2D eigenvalue weighted by Crippen LogP contribution is -2.52. The molecule has 6 heteroatoms. The number of rotatable bonds is 1. The maximum atomic E-state index is 10.6. The van der Waals surface area contributed by atoms with Crippen LogP contribution in [0.25, 0.3) is 0 Å². The summed E-state index contributed by atoms with van der Waals surface area (Å²) in [4.78, 5) is 10.6. The second kappa shape index (κ2) is 4.15. The van der Waals surface area contributed by atoms with Gasteiger partial charge >= 0.3 is 5.97 Å². The lowest BCUT2D eigenvalue weighted by Gasteiger charge is -2.26. The highest BCUT2D eigenvalue weighted by molar-refractivity contribution is 8.31. The quantitative estimate of drug-likeness (QED) is 0.592. The van der Waals surface area contributed by atoms with Crippen LogP contribution in [-0.4, -0.2) is 38.9 Å². The highest BCUT2D eigenvalue weighted by atomic mass is 32.8. The standard InChI is InChI=1S/C6H11NO3S2/c1-4-2-12(11-10)3-5(7-4)6(8)9/h4-5,7H,2-3H2,1H3,(H,8,9). The number of carboxylic acid groups (broad SMARTS) is 1. The van der Waals surface area contributed by atoms with Gasteiger partial charge < -0.3 is 10.4 Å². The number of hydrogen-bond donors (Lipinski definition) is 2. The highest BCUT2D eigenvalue weighted by Crippen LogP contribution is 2.03. The van der Waals surface area contributed by atoms with Crippen molar-refractivity contribution in [2.75, 3.05) is 11.5 Å². The number of carboxylic acids is 1. The summed E-state index contributed by atoms with van der Waals surface area (Å²) in [6.45, 7) is 1.91. The third-order valence-corrected chi connectivity index (χ3v) is 4.83. The van der Waals surface area contributed by atoms with Gasteiger partial charge in [-0.2, -0.15) is 0 Å². The summed E-state index contributed by atoms with van der Waals surface area (Å²) in [5, 5.41) is 11.6. The molecule has 3 atom stereocenters. The molecule has 0 aromatic heterocycles. The van der Waals surface area contributed by atoms with Crippen molar-refractivity contribution in [1.29, 1.82) is 0 Å². The number of nitrogens with one attached hydrogen (secondary N) is 1. The monoisotopic (exact) mass is 209 g/mol. The Morgan fingerprint density at radius 1 is 1.67 bits per heavy atom. The van der Waals surface area contributed by atoms with Crippen molar-refractivity contribution in [3.63, 3.8) is 0 Å². The van der Waals surface area contributed by atoms with Crippen molar-refractivity contribution in [2.24, 2.45) is 0 Å². The minimum Gasteiger partial charge on any atom is -0.480 e. The van der Waals surface area contributed by atoms with Crippen molar-refractivity contribution < 1.29 is 14.1 Å². The molecule has 4 nitrogen and oxygen atoms in total. The number of carbonyl (C=O) groups is 1. The molecule has 0 spiro atoms. The fourth-order valence-corrected chi connectivity index (χ4v) is 4.04. The first-order valence-electron chi connectivity index (χ1n) is 3.60. The predicted octanol–water partition coefficient (Wildman–Crippen LogP) is -0.822. The van der Waals surface area contributed by atoms with E-state index in [-0.39, 0.29) is 15.5 Å². The Labute approximate surface area is 76.0 Å². The molecule has 0 aromatic rings. The molecule has 3 unspecified atom stereocenters. The summed E-state index contributed by atoms with van der Waals surface area (Å²) in [7, 11) is 0.231. The van der Waals surface area contributed by atoms with Crippen LogP contribution in [0.2, 0.25) is 0 Å². The molecule has 0 amide bonds. The lowest BCUT2D eigenvalue weighted by atomic mass is 10.3. The summed E-state index contributed by atoms with van der Waals surface area (Å²) in [5.74, 6) is 0.402. The second-order valence-electron chi connectivity index (χ2n) is 2.80. The average Bonchev–Trinajstić information content (AvgIpc) is 2.03. The Balaban J connectivity index is 2.69. The molecule has 0 aliphatic carbocycles. The van der Waals surface area contributed by atoms with Gasteiger partial charge in [-0.1, -0.05) is 9.45 Å². The van der Waals surface area contributed by atoms with Gasteiger partial charge in [-0.15, -0.1) is 0 Å². The molecular formula is C6H11NO3S2. The van der Waals surface area contributed by atoms with Crippen molar-refractivity contribution in [3.8, 4) is 0 Å². The normalized spacial score (nSPS) is 35.9. The van der Waals surface area contributed by atoms with E-state index >= 15 is 0 Å². The molecule has 1 fully saturated rings. The zero-order valence-electron chi connectivity index (χ0n) is 6.65. The number of aliphatic carboxylic acids is 1.